The molecule has 0 saturated carbocycles. The topological polar surface area (TPSA) is 91.8 Å². The van der Waals surface area contributed by atoms with Crippen LogP contribution >= 0.6 is 11.3 Å². The number of nitrogens with one attached hydrogen (secondary N) is 1. The van der Waals surface area contributed by atoms with Crippen molar-refractivity contribution in [3.8, 4) is 0 Å². The van der Waals surface area contributed by atoms with Gasteiger partial charge in [-0.1, -0.05) is 32.1 Å². The number of hydrogen-bond acceptors (Lipinski definition) is 6. The number of aromatic nitrogens is 1. The third kappa shape index (κ3) is 5.96. The molecule has 3 heterocycles. The zero-order chi connectivity index (χ0) is 23.0. The number of amides is 3. The Morgan fingerprint density at radius 3 is 2.45 bits per heavy atom. The first kappa shape index (κ1) is 23.5. The predicted octanol–water partition coefficient (Wildman–Crippen LogP) is 3.66. The molecule has 3 amide bonds. The average molecular weight is 451 g/mol. The Morgan fingerprint density at radius 2 is 1.81 bits per heavy atom. The van der Waals surface area contributed by atoms with Gasteiger partial charge in [0, 0.05) is 36.3 Å². The highest BCUT2D eigenvalue weighted by atomic mass is 32.1. The van der Waals surface area contributed by atoms with Gasteiger partial charge in [-0.25, -0.2) is 9.78 Å². The van der Waals surface area contributed by atoms with E-state index in [0.717, 1.165) is 23.4 Å². The first-order chi connectivity index (χ1) is 14.3. The maximum Gasteiger partial charge on any atom is 0.410 e. The molecule has 2 aliphatic rings. The van der Waals surface area contributed by atoms with Crippen LogP contribution in [0.15, 0.2) is 0 Å². The van der Waals surface area contributed by atoms with Gasteiger partial charge in [-0.2, -0.15) is 0 Å². The van der Waals surface area contributed by atoms with Gasteiger partial charge in [0.15, 0.2) is 5.13 Å². The fourth-order valence-electron chi connectivity index (χ4n) is 3.79. The molecule has 1 saturated heterocycles. The molecule has 0 spiro atoms. The van der Waals surface area contributed by atoms with Crippen molar-refractivity contribution in [1.29, 1.82) is 0 Å². The van der Waals surface area contributed by atoms with E-state index in [9.17, 15) is 14.4 Å². The van der Waals surface area contributed by atoms with E-state index in [1.165, 1.54) is 11.3 Å². The summed E-state index contributed by atoms with van der Waals surface area (Å²) in [7, 11) is 0. The average Bonchev–Trinajstić information content (AvgIpc) is 3.06. The number of thiazole rings is 1. The van der Waals surface area contributed by atoms with Crippen molar-refractivity contribution in [3.05, 3.63) is 10.6 Å². The van der Waals surface area contributed by atoms with Crippen molar-refractivity contribution in [2.75, 3.05) is 25.0 Å². The highest BCUT2D eigenvalue weighted by Crippen LogP contribution is 2.30. The van der Waals surface area contributed by atoms with Crippen LogP contribution in [0, 0.1) is 11.3 Å². The zero-order valence-electron chi connectivity index (χ0n) is 19.4. The Hall–Kier alpha value is -2.16. The van der Waals surface area contributed by atoms with Crippen LogP contribution in [0.5, 0.6) is 0 Å². The molecule has 1 unspecified atom stereocenters. The standard InChI is InChI=1S/C22H34N4O4S/c1-21(2,3)18(28)25-10-7-8-14(12-25)17(27)24-19-23-15-9-11-26(13-16(15)31-19)20(29)30-22(4,5)6/h14H,7-13H2,1-6H3,(H,23,24,27). The van der Waals surface area contributed by atoms with Crippen LogP contribution in [0.1, 0.15) is 65.0 Å². The third-order valence-electron chi connectivity index (χ3n) is 5.33. The van der Waals surface area contributed by atoms with Gasteiger partial charge in [0.25, 0.3) is 0 Å². The molecular formula is C22H34N4O4S. The smallest absolute Gasteiger partial charge is 0.410 e. The van der Waals surface area contributed by atoms with Crippen LogP contribution in [-0.2, 0) is 27.3 Å². The van der Waals surface area contributed by atoms with Crippen LogP contribution in [-0.4, -0.2) is 57.9 Å². The summed E-state index contributed by atoms with van der Waals surface area (Å²) in [6.45, 7) is 13.4. The van der Waals surface area contributed by atoms with E-state index in [1.807, 2.05) is 41.5 Å². The Labute approximate surface area is 188 Å². The van der Waals surface area contributed by atoms with Crippen LogP contribution < -0.4 is 5.32 Å². The van der Waals surface area contributed by atoms with Crippen molar-refractivity contribution < 1.29 is 19.1 Å². The highest BCUT2D eigenvalue weighted by molar-refractivity contribution is 7.15. The van der Waals surface area contributed by atoms with Crippen LogP contribution in [0.4, 0.5) is 9.93 Å². The molecule has 1 fully saturated rings. The molecule has 1 aromatic rings. The lowest BCUT2D eigenvalue weighted by atomic mass is 9.91. The minimum Gasteiger partial charge on any atom is -0.444 e. The summed E-state index contributed by atoms with van der Waals surface area (Å²) in [6.07, 6.45) is 1.89. The van der Waals surface area contributed by atoms with Crippen molar-refractivity contribution >= 4 is 34.4 Å². The summed E-state index contributed by atoms with van der Waals surface area (Å²) in [5.74, 6) is -0.252. The monoisotopic (exact) mass is 450 g/mol. The van der Waals surface area contributed by atoms with E-state index in [1.54, 1.807) is 9.80 Å². The number of carbonyl (C=O) groups is 3. The van der Waals surface area contributed by atoms with E-state index in [4.69, 9.17) is 4.74 Å². The van der Waals surface area contributed by atoms with Gasteiger partial charge in [0.05, 0.1) is 18.2 Å². The van der Waals surface area contributed by atoms with Crippen molar-refractivity contribution in [2.24, 2.45) is 11.3 Å². The SMILES string of the molecule is CC(C)(C)OC(=O)N1CCc2nc(NC(=O)C3CCCN(C(=O)C(C)(C)C)C3)sc2C1. The normalized spacial score (nSPS) is 19.6. The van der Waals surface area contributed by atoms with E-state index >= 15 is 0 Å². The molecule has 2 aliphatic heterocycles. The van der Waals surface area contributed by atoms with E-state index in [2.05, 4.69) is 10.3 Å². The number of ether oxygens (including phenoxy) is 1. The number of fused-ring (bicyclic) bond motifs is 1. The van der Waals surface area contributed by atoms with Gasteiger partial charge in [0.2, 0.25) is 11.8 Å². The minimum atomic E-state index is -0.535. The number of anilines is 1. The lowest BCUT2D eigenvalue weighted by Gasteiger charge is -2.35. The fraction of sp³-hybridized carbons (Fsp3) is 0.727. The van der Waals surface area contributed by atoms with Gasteiger partial charge in [-0.3, -0.25) is 9.59 Å². The van der Waals surface area contributed by atoms with Gasteiger partial charge in [-0.05, 0) is 33.6 Å². The first-order valence-corrected chi connectivity index (χ1v) is 11.7. The zero-order valence-corrected chi connectivity index (χ0v) is 20.2. The quantitative estimate of drug-likeness (QED) is 0.742. The summed E-state index contributed by atoms with van der Waals surface area (Å²) < 4.78 is 5.47. The van der Waals surface area contributed by atoms with Crippen LogP contribution in [0.2, 0.25) is 0 Å². The summed E-state index contributed by atoms with van der Waals surface area (Å²) in [5.41, 5.74) is -0.0626. The molecule has 0 bridgehead atoms. The predicted molar refractivity (Wildman–Crippen MR) is 120 cm³/mol. The van der Waals surface area contributed by atoms with Gasteiger partial charge in [0.1, 0.15) is 5.60 Å². The molecule has 3 rings (SSSR count). The third-order valence-corrected chi connectivity index (χ3v) is 6.33. The second-order valence-electron chi connectivity index (χ2n) is 10.4. The van der Waals surface area contributed by atoms with Gasteiger partial charge in [-0.15, -0.1) is 0 Å². The minimum absolute atomic E-state index is 0.0805. The first-order valence-electron chi connectivity index (χ1n) is 10.9. The molecule has 8 nitrogen and oxygen atoms in total. The van der Waals surface area contributed by atoms with Gasteiger partial charge < -0.3 is 19.9 Å². The molecule has 0 radical (unpaired) electrons. The molecule has 1 N–H and O–H groups in total. The largest absolute Gasteiger partial charge is 0.444 e. The van der Waals surface area contributed by atoms with Gasteiger partial charge >= 0.3 is 6.09 Å². The Balaban J connectivity index is 1.60. The molecule has 172 valence electrons. The number of nitrogens with zero attached hydrogens (tertiary/aromatic N) is 3. The Kier molecular flexibility index (Phi) is 6.64. The highest BCUT2D eigenvalue weighted by Gasteiger charge is 2.34. The van der Waals surface area contributed by atoms with Crippen molar-refractivity contribution in [2.45, 2.75) is 73.0 Å². The summed E-state index contributed by atoms with van der Waals surface area (Å²) >= 11 is 1.41. The lowest BCUT2D eigenvalue weighted by molar-refractivity contribution is -0.142. The van der Waals surface area contributed by atoms with Crippen molar-refractivity contribution in [3.63, 3.8) is 0 Å². The maximum atomic E-state index is 12.9. The molecule has 1 atom stereocenters. The van der Waals surface area contributed by atoms with E-state index in [0.29, 0.717) is 37.7 Å². The maximum absolute atomic E-state index is 12.9. The molecule has 9 heteroatoms. The summed E-state index contributed by atoms with van der Waals surface area (Å²) in [4.78, 5) is 46.8. The van der Waals surface area contributed by atoms with Crippen LogP contribution in [0.25, 0.3) is 0 Å². The molecule has 31 heavy (non-hydrogen) atoms. The lowest BCUT2D eigenvalue weighted by Crippen LogP contribution is -2.47. The number of likely N-dealkylation sites (tertiary alicyclic amines) is 1. The molecule has 0 aliphatic carbocycles. The number of rotatable bonds is 2. The second kappa shape index (κ2) is 8.76. The van der Waals surface area contributed by atoms with E-state index < -0.39 is 11.0 Å². The van der Waals surface area contributed by atoms with Crippen LogP contribution in [0.3, 0.4) is 0 Å². The molecule has 1 aromatic heterocycles. The summed E-state index contributed by atoms with van der Waals surface area (Å²) in [5, 5.41) is 3.50. The Bertz CT molecular complexity index is 853. The van der Waals surface area contributed by atoms with E-state index in [-0.39, 0.29) is 23.8 Å². The van der Waals surface area contributed by atoms with Crippen molar-refractivity contribution in [1.82, 2.24) is 14.8 Å². The number of carbonyl (C=O) groups excluding carboxylic acids is 3. The molecule has 0 aromatic carbocycles. The second-order valence-corrected chi connectivity index (χ2v) is 11.5. The summed E-state index contributed by atoms with van der Waals surface area (Å²) in [6, 6.07) is 0. The number of piperidine rings is 1. The number of hydrogen-bond donors (Lipinski definition) is 1. The Morgan fingerprint density at radius 1 is 1.10 bits per heavy atom. The fourth-order valence-corrected chi connectivity index (χ4v) is 4.82. The molecular weight excluding hydrogens is 416 g/mol.